The highest BCUT2D eigenvalue weighted by atomic mass is 35.5. The van der Waals surface area contributed by atoms with Gasteiger partial charge in [-0.3, -0.25) is 0 Å². The largest absolute Gasteiger partial charge is 0.491 e. The first-order valence-corrected chi connectivity index (χ1v) is 9.74. The molecule has 0 amide bonds. The van der Waals surface area contributed by atoms with E-state index in [0.717, 1.165) is 30.2 Å². The molecule has 5 nitrogen and oxygen atoms in total. The molecule has 2 N–H and O–H groups in total. The Bertz CT molecular complexity index is 1030. The molecule has 0 saturated heterocycles. The first kappa shape index (κ1) is 21.4. The first-order chi connectivity index (χ1) is 13.6. The van der Waals surface area contributed by atoms with Crippen LogP contribution >= 0.6 is 12.4 Å². The van der Waals surface area contributed by atoms with Gasteiger partial charge < -0.3 is 19.6 Å². The summed E-state index contributed by atoms with van der Waals surface area (Å²) in [6.45, 7) is 2.53. The summed E-state index contributed by atoms with van der Waals surface area (Å²) in [7, 11) is 0. The van der Waals surface area contributed by atoms with Gasteiger partial charge in [0.2, 0.25) is 0 Å². The average molecular weight is 416 g/mol. The summed E-state index contributed by atoms with van der Waals surface area (Å²) in [6.07, 6.45) is 2.53. The number of halogens is 1. The molecular formula is C23H26ClNO4. The number of aliphatic hydroxyl groups excluding tert-OH is 1. The SMILES string of the molecule is Cc1cc(=O)oc2cc(OCC(O)CNC3CCc4ccccc4C3)ccc12.Cl. The van der Waals surface area contributed by atoms with Crippen LogP contribution in [0, 0.1) is 6.92 Å². The molecule has 2 unspecified atom stereocenters. The lowest BCUT2D eigenvalue weighted by Gasteiger charge is -2.26. The fourth-order valence-electron chi connectivity index (χ4n) is 3.82. The van der Waals surface area contributed by atoms with E-state index in [1.807, 2.05) is 19.1 Å². The Morgan fingerprint density at radius 2 is 2.00 bits per heavy atom. The standard InChI is InChI=1S/C23H25NO4.ClH/c1-15-10-23(26)28-22-12-20(8-9-21(15)22)27-14-19(25)13-24-18-7-6-16-4-2-3-5-17(16)11-18;/h2-5,8-10,12,18-19,24-25H,6-7,11,13-14H2,1H3;1H. The maximum Gasteiger partial charge on any atom is 0.336 e. The molecule has 1 aliphatic carbocycles. The minimum atomic E-state index is -0.614. The van der Waals surface area contributed by atoms with Crippen LogP contribution in [0.15, 0.2) is 57.7 Å². The molecule has 0 saturated carbocycles. The van der Waals surface area contributed by atoms with Gasteiger partial charge in [-0.05, 0) is 55.0 Å². The minimum Gasteiger partial charge on any atom is -0.491 e. The summed E-state index contributed by atoms with van der Waals surface area (Å²) in [5.74, 6) is 0.576. The number of aliphatic hydroxyl groups is 1. The summed E-state index contributed by atoms with van der Waals surface area (Å²) in [6, 6.07) is 15.8. The summed E-state index contributed by atoms with van der Waals surface area (Å²) in [5.41, 5.74) is 3.82. The van der Waals surface area contributed by atoms with Crippen LogP contribution in [0.1, 0.15) is 23.1 Å². The van der Waals surface area contributed by atoms with Crippen molar-refractivity contribution in [1.82, 2.24) is 5.32 Å². The second-order valence-electron chi connectivity index (χ2n) is 7.49. The van der Waals surface area contributed by atoms with Gasteiger partial charge in [-0.2, -0.15) is 0 Å². The van der Waals surface area contributed by atoms with Crippen LogP contribution in [0.5, 0.6) is 5.75 Å². The van der Waals surface area contributed by atoms with Crippen molar-refractivity contribution in [2.45, 2.75) is 38.3 Å². The monoisotopic (exact) mass is 415 g/mol. The van der Waals surface area contributed by atoms with Crippen LogP contribution in [-0.4, -0.2) is 30.4 Å². The Morgan fingerprint density at radius 1 is 1.21 bits per heavy atom. The van der Waals surface area contributed by atoms with Crippen molar-refractivity contribution >= 4 is 23.4 Å². The summed E-state index contributed by atoms with van der Waals surface area (Å²) < 4.78 is 10.9. The molecule has 6 heteroatoms. The van der Waals surface area contributed by atoms with Gasteiger partial charge in [-0.25, -0.2) is 4.79 Å². The van der Waals surface area contributed by atoms with E-state index < -0.39 is 6.10 Å². The van der Waals surface area contributed by atoms with E-state index >= 15 is 0 Å². The van der Waals surface area contributed by atoms with Gasteiger partial charge in [0.05, 0.1) is 0 Å². The average Bonchev–Trinajstić information content (AvgIpc) is 2.70. The van der Waals surface area contributed by atoms with Gasteiger partial charge in [0.1, 0.15) is 24.0 Å². The Balaban J connectivity index is 0.00000240. The molecule has 3 aromatic rings. The van der Waals surface area contributed by atoms with Crippen LogP contribution in [0.3, 0.4) is 0 Å². The van der Waals surface area contributed by atoms with E-state index in [0.29, 0.717) is 23.9 Å². The number of aryl methyl sites for hydroxylation is 2. The predicted octanol–water partition coefficient (Wildman–Crippen LogP) is 3.41. The van der Waals surface area contributed by atoms with E-state index in [4.69, 9.17) is 9.15 Å². The molecule has 0 bridgehead atoms. The second kappa shape index (κ2) is 9.44. The number of fused-ring (bicyclic) bond motifs is 2. The Kier molecular flexibility index (Phi) is 6.96. The van der Waals surface area contributed by atoms with E-state index in [9.17, 15) is 9.90 Å². The molecular weight excluding hydrogens is 390 g/mol. The molecule has 1 aliphatic rings. The molecule has 1 aromatic heterocycles. The van der Waals surface area contributed by atoms with E-state index in [2.05, 4.69) is 29.6 Å². The Labute approximate surface area is 176 Å². The highest BCUT2D eigenvalue weighted by molar-refractivity contribution is 5.85. The summed E-state index contributed by atoms with van der Waals surface area (Å²) >= 11 is 0. The lowest BCUT2D eigenvalue weighted by atomic mass is 9.88. The molecule has 1 heterocycles. The zero-order chi connectivity index (χ0) is 19.5. The molecule has 0 radical (unpaired) electrons. The van der Waals surface area contributed by atoms with Crippen LogP contribution in [-0.2, 0) is 12.8 Å². The van der Waals surface area contributed by atoms with Gasteiger partial charge in [0.25, 0.3) is 0 Å². The van der Waals surface area contributed by atoms with Crippen molar-refractivity contribution in [2.75, 3.05) is 13.2 Å². The third-order valence-electron chi connectivity index (χ3n) is 5.35. The number of benzene rings is 2. The molecule has 2 atom stereocenters. The number of ether oxygens (including phenoxy) is 1. The van der Waals surface area contributed by atoms with Gasteiger partial charge in [-0.1, -0.05) is 24.3 Å². The van der Waals surface area contributed by atoms with Crippen molar-refractivity contribution in [2.24, 2.45) is 0 Å². The lowest BCUT2D eigenvalue weighted by Crippen LogP contribution is -2.40. The quantitative estimate of drug-likeness (QED) is 0.604. The molecule has 0 aliphatic heterocycles. The maximum atomic E-state index is 11.5. The smallest absolute Gasteiger partial charge is 0.336 e. The van der Waals surface area contributed by atoms with Crippen LogP contribution in [0.4, 0.5) is 0 Å². The molecule has 4 rings (SSSR count). The fraction of sp³-hybridized carbons (Fsp3) is 0.348. The Hall–Kier alpha value is -2.34. The van der Waals surface area contributed by atoms with Crippen molar-refractivity contribution in [3.05, 3.63) is 75.6 Å². The highest BCUT2D eigenvalue weighted by Crippen LogP contribution is 2.23. The lowest BCUT2D eigenvalue weighted by molar-refractivity contribution is 0.103. The fourth-order valence-corrected chi connectivity index (χ4v) is 3.82. The van der Waals surface area contributed by atoms with Crippen molar-refractivity contribution in [1.29, 1.82) is 0 Å². The van der Waals surface area contributed by atoms with Crippen LogP contribution in [0.25, 0.3) is 11.0 Å². The first-order valence-electron chi connectivity index (χ1n) is 9.74. The molecule has 0 fully saturated rings. The van der Waals surface area contributed by atoms with E-state index in [1.54, 1.807) is 6.07 Å². The van der Waals surface area contributed by atoms with Crippen molar-refractivity contribution in [3.8, 4) is 5.75 Å². The van der Waals surface area contributed by atoms with Gasteiger partial charge in [0.15, 0.2) is 0 Å². The van der Waals surface area contributed by atoms with Gasteiger partial charge in [-0.15, -0.1) is 12.4 Å². The van der Waals surface area contributed by atoms with Crippen LogP contribution < -0.4 is 15.7 Å². The summed E-state index contributed by atoms with van der Waals surface area (Å²) in [4.78, 5) is 11.5. The van der Waals surface area contributed by atoms with Crippen molar-refractivity contribution < 1.29 is 14.3 Å². The minimum absolute atomic E-state index is 0. The number of hydrogen-bond donors (Lipinski definition) is 2. The normalized spacial score (nSPS) is 16.7. The van der Waals surface area contributed by atoms with E-state index in [-0.39, 0.29) is 24.6 Å². The highest BCUT2D eigenvalue weighted by Gasteiger charge is 2.18. The van der Waals surface area contributed by atoms with E-state index in [1.165, 1.54) is 17.2 Å². The number of rotatable bonds is 6. The van der Waals surface area contributed by atoms with Crippen molar-refractivity contribution in [3.63, 3.8) is 0 Å². The zero-order valence-corrected chi connectivity index (χ0v) is 17.2. The molecule has 2 aromatic carbocycles. The third-order valence-corrected chi connectivity index (χ3v) is 5.35. The number of hydrogen-bond acceptors (Lipinski definition) is 5. The molecule has 154 valence electrons. The van der Waals surface area contributed by atoms with Gasteiger partial charge >= 0.3 is 5.63 Å². The predicted molar refractivity (Wildman–Crippen MR) is 116 cm³/mol. The van der Waals surface area contributed by atoms with Crippen LogP contribution in [0.2, 0.25) is 0 Å². The number of nitrogens with one attached hydrogen (secondary N) is 1. The molecule has 29 heavy (non-hydrogen) atoms. The summed E-state index contributed by atoms with van der Waals surface area (Å²) in [5, 5.41) is 14.6. The molecule has 0 spiro atoms. The maximum absolute atomic E-state index is 11.5. The van der Waals surface area contributed by atoms with Gasteiger partial charge in [0, 0.05) is 30.1 Å². The third kappa shape index (κ3) is 5.18. The zero-order valence-electron chi connectivity index (χ0n) is 16.4. The second-order valence-corrected chi connectivity index (χ2v) is 7.49. The Morgan fingerprint density at radius 3 is 2.83 bits per heavy atom. The topological polar surface area (TPSA) is 71.7 Å².